The quantitative estimate of drug-likeness (QED) is 0.823. The number of sulfonamides is 1. The Hall–Kier alpha value is -2.05. The van der Waals surface area contributed by atoms with Gasteiger partial charge in [-0.15, -0.1) is 0 Å². The maximum Gasteiger partial charge on any atom is 0.261 e. The zero-order valence-corrected chi connectivity index (χ0v) is 17.3. The second-order valence-corrected chi connectivity index (χ2v) is 8.92. The number of ether oxygens (including phenoxy) is 1. The van der Waals surface area contributed by atoms with Crippen LogP contribution >= 0.6 is 0 Å². The second kappa shape index (κ2) is 7.90. The number of rotatable bonds is 6. The zero-order chi connectivity index (χ0) is 19.6. The summed E-state index contributed by atoms with van der Waals surface area (Å²) < 4.78 is 34.1. The SMILES string of the molecule is CCc1ccc(S(=O)(=O)Nc2ccc(OC)c3c2CCC(N(C)C)C3)cc1. The highest BCUT2D eigenvalue weighted by Crippen LogP contribution is 2.36. The minimum atomic E-state index is -3.62. The van der Waals surface area contributed by atoms with Crippen molar-refractivity contribution >= 4 is 15.7 Å². The lowest BCUT2D eigenvalue weighted by atomic mass is 9.86. The lowest BCUT2D eigenvalue weighted by Gasteiger charge is -2.32. The van der Waals surface area contributed by atoms with Gasteiger partial charge in [0.1, 0.15) is 5.75 Å². The first kappa shape index (κ1) is 19.7. The van der Waals surface area contributed by atoms with E-state index < -0.39 is 10.0 Å². The molecule has 6 heteroatoms. The number of hydrogen-bond acceptors (Lipinski definition) is 4. The Morgan fingerprint density at radius 3 is 2.41 bits per heavy atom. The minimum absolute atomic E-state index is 0.284. The molecule has 2 aromatic carbocycles. The Morgan fingerprint density at radius 1 is 1.11 bits per heavy atom. The van der Waals surface area contributed by atoms with Gasteiger partial charge in [-0.05, 0) is 75.2 Å². The molecule has 0 fully saturated rings. The van der Waals surface area contributed by atoms with Gasteiger partial charge in [-0.1, -0.05) is 19.1 Å². The van der Waals surface area contributed by atoms with Gasteiger partial charge in [-0.2, -0.15) is 0 Å². The van der Waals surface area contributed by atoms with Crippen LogP contribution in [0.3, 0.4) is 0 Å². The average molecular weight is 389 g/mol. The van der Waals surface area contributed by atoms with Crippen LogP contribution < -0.4 is 9.46 Å². The number of fused-ring (bicyclic) bond motifs is 1. The van der Waals surface area contributed by atoms with Gasteiger partial charge in [-0.3, -0.25) is 4.72 Å². The summed E-state index contributed by atoms with van der Waals surface area (Å²) in [4.78, 5) is 2.50. The summed E-state index contributed by atoms with van der Waals surface area (Å²) in [5.74, 6) is 0.826. The Labute approximate surface area is 162 Å². The topological polar surface area (TPSA) is 58.6 Å². The molecule has 0 bridgehead atoms. The van der Waals surface area contributed by atoms with Gasteiger partial charge < -0.3 is 9.64 Å². The molecule has 0 saturated heterocycles. The fourth-order valence-corrected chi connectivity index (χ4v) is 4.76. The lowest BCUT2D eigenvalue weighted by molar-refractivity contribution is 0.265. The number of nitrogens with zero attached hydrogens (tertiary/aromatic N) is 1. The van der Waals surface area contributed by atoms with Crippen molar-refractivity contribution in [2.45, 2.75) is 43.5 Å². The average Bonchev–Trinajstić information content (AvgIpc) is 2.67. The van der Waals surface area contributed by atoms with E-state index in [0.29, 0.717) is 11.7 Å². The van der Waals surface area contributed by atoms with Gasteiger partial charge in [-0.25, -0.2) is 8.42 Å². The maximum atomic E-state index is 12.9. The summed E-state index contributed by atoms with van der Waals surface area (Å²) in [6, 6.07) is 11.2. The van der Waals surface area contributed by atoms with Crippen LogP contribution in [0.15, 0.2) is 41.3 Å². The van der Waals surface area contributed by atoms with E-state index in [1.54, 1.807) is 19.2 Å². The summed E-state index contributed by atoms with van der Waals surface area (Å²) in [7, 11) is 2.19. The molecule has 5 nitrogen and oxygen atoms in total. The number of aryl methyl sites for hydroxylation is 1. The zero-order valence-electron chi connectivity index (χ0n) is 16.5. The predicted octanol–water partition coefficient (Wildman–Crippen LogP) is 3.48. The molecule has 1 aliphatic rings. The second-order valence-electron chi connectivity index (χ2n) is 7.24. The Morgan fingerprint density at radius 2 is 1.81 bits per heavy atom. The molecule has 0 amide bonds. The van der Waals surface area contributed by atoms with E-state index in [1.165, 1.54) is 0 Å². The third kappa shape index (κ3) is 4.12. The molecular weight excluding hydrogens is 360 g/mol. The molecule has 1 aliphatic carbocycles. The maximum absolute atomic E-state index is 12.9. The van der Waals surface area contributed by atoms with E-state index in [0.717, 1.165) is 48.1 Å². The molecule has 0 aromatic heterocycles. The standard InChI is InChI=1S/C21H28N2O3S/c1-5-15-6-9-17(10-7-15)27(24,25)22-20-12-13-21(26-4)19-14-16(23(2)3)8-11-18(19)20/h6-7,9-10,12-13,16,22H,5,8,11,14H2,1-4H3. The highest BCUT2D eigenvalue weighted by molar-refractivity contribution is 7.92. The van der Waals surface area contributed by atoms with Crippen LogP contribution in [0.5, 0.6) is 5.75 Å². The van der Waals surface area contributed by atoms with Crippen molar-refractivity contribution in [1.29, 1.82) is 0 Å². The Kier molecular flexibility index (Phi) is 5.77. The van der Waals surface area contributed by atoms with Crippen LogP contribution in [0.4, 0.5) is 5.69 Å². The largest absolute Gasteiger partial charge is 0.496 e. The molecule has 3 rings (SSSR count). The van der Waals surface area contributed by atoms with E-state index in [4.69, 9.17) is 4.74 Å². The van der Waals surface area contributed by atoms with E-state index in [-0.39, 0.29) is 4.90 Å². The van der Waals surface area contributed by atoms with Crippen molar-refractivity contribution in [3.63, 3.8) is 0 Å². The highest BCUT2D eigenvalue weighted by atomic mass is 32.2. The molecule has 0 aliphatic heterocycles. The molecule has 1 N–H and O–H groups in total. The van der Waals surface area contributed by atoms with E-state index >= 15 is 0 Å². The molecular formula is C21H28N2O3S. The molecule has 1 unspecified atom stereocenters. The van der Waals surface area contributed by atoms with Crippen LogP contribution in [0.1, 0.15) is 30.0 Å². The molecule has 0 radical (unpaired) electrons. The molecule has 27 heavy (non-hydrogen) atoms. The van der Waals surface area contributed by atoms with Crippen LogP contribution in [0.25, 0.3) is 0 Å². The summed E-state index contributed by atoms with van der Waals surface area (Å²) in [6.07, 6.45) is 3.55. The summed E-state index contributed by atoms with van der Waals surface area (Å²) in [5, 5.41) is 0. The van der Waals surface area contributed by atoms with Gasteiger partial charge in [0.15, 0.2) is 0 Å². The number of likely N-dealkylation sites (N-methyl/N-ethyl adjacent to an activating group) is 1. The van der Waals surface area contributed by atoms with Crippen molar-refractivity contribution in [1.82, 2.24) is 4.90 Å². The first-order valence-electron chi connectivity index (χ1n) is 9.32. The summed E-state index contributed by atoms with van der Waals surface area (Å²) in [6.45, 7) is 2.05. The molecule has 0 heterocycles. The smallest absolute Gasteiger partial charge is 0.261 e. The summed E-state index contributed by atoms with van der Waals surface area (Å²) >= 11 is 0. The molecule has 0 saturated carbocycles. The Balaban J connectivity index is 1.94. The Bertz CT molecular complexity index is 906. The number of methoxy groups -OCH3 is 1. The fraction of sp³-hybridized carbons (Fsp3) is 0.429. The van der Waals surface area contributed by atoms with Gasteiger partial charge in [0, 0.05) is 11.6 Å². The normalized spacial score (nSPS) is 16.9. The van der Waals surface area contributed by atoms with E-state index in [2.05, 4.69) is 23.7 Å². The van der Waals surface area contributed by atoms with Crippen LogP contribution in [0, 0.1) is 0 Å². The lowest BCUT2D eigenvalue weighted by Crippen LogP contribution is -2.34. The van der Waals surface area contributed by atoms with Crippen LogP contribution in [-0.2, 0) is 29.3 Å². The van der Waals surface area contributed by atoms with Crippen molar-refractivity contribution in [3.05, 3.63) is 53.1 Å². The number of hydrogen-bond donors (Lipinski definition) is 1. The van der Waals surface area contributed by atoms with Crippen molar-refractivity contribution in [2.24, 2.45) is 0 Å². The third-order valence-electron chi connectivity index (χ3n) is 5.39. The first-order valence-corrected chi connectivity index (χ1v) is 10.8. The predicted molar refractivity (Wildman–Crippen MR) is 109 cm³/mol. The van der Waals surface area contributed by atoms with Gasteiger partial charge >= 0.3 is 0 Å². The van der Waals surface area contributed by atoms with Crippen molar-refractivity contribution in [2.75, 3.05) is 25.9 Å². The summed E-state index contributed by atoms with van der Waals surface area (Å²) in [5.41, 5.74) is 3.92. The van der Waals surface area contributed by atoms with Crippen LogP contribution in [0.2, 0.25) is 0 Å². The van der Waals surface area contributed by atoms with Gasteiger partial charge in [0.05, 0.1) is 17.7 Å². The monoisotopic (exact) mass is 388 g/mol. The molecule has 0 spiro atoms. The fourth-order valence-electron chi connectivity index (χ4n) is 3.67. The molecule has 1 atom stereocenters. The van der Waals surface area contributed by atoms with Crippen molar-refractivity contribution in [3.8, 4) is 5.75 Å². The third-order valence-corrected chi connectivity index (χ3v) is 6.77. The van der Waals surface area contributed by atoms with Crippen LogP contribution in [-0.4, -0.2) is 40.6 Å². The number of anilines is 1. The molecule has 146 valence electrons. The molecule has 2 aromatic rings. The first-order chi connectivity index (χ1) is 12.9. The van der Waals surface area contributed by atoms with Gasteiger partial charge in [0.2, 0.25) is 0 Å². The highest BCUT2D eigenvalue weighted by Gasteiger charge is 2.26. The minimum Gasteiger partial charge on any atom is -0.496 e. The van der Waals surface area contributed by atoms with Gasteiger partial charge in [0.25, 0.3) is 10.0 Å². The van der Waals surface area contributed by atoms with Crippen molar-refractivity contribution < 1.29 is 13.2 Å². The van der Waals surface area contributed by atoms with E-state index in [9.17, 15) is 8.42 Å². The van der Waals surface area contributed by atoms with E-state index in [1.807, 2.05) is 31.2 Å². The number of nitrogens with one attached hydrogen (secondary N) is 1. The number of benzene rings is 2.